The predicted molar refractivity (Wildman–Crippen MR) is 89.4 cm³/mol. The zero-order valence-electron chi connectivity index (χ0n) is 13.3. The Morgan fingerprint density at radius 2 is 1.83 bits per heavy atom. The fourth-order valence-electron chi connectivity index (χ4n) is 2.81. The maximum Gasteiger partial charge on any atom is 0.340 e. The molecule has 2 aromatic carbocycles. The molecule has 0 bridgehead atoms. The van der Waals surface area contributed by atoms with Gasteiger partial charge in [0.25, 0.3) is 0 Å². The highest BCUT2D eigenvalue weighted by molar-refractivity contribution is 5.87. The lowest BCUT2D eigenvalue weighted by Crippen LogP contribution is -2.11. The third-order valence-corrected chi connectivity index (χ3v) is 4.04. The minimum absolute atomic E-state index is 0.136. The lowest BCUT2D eigenvalue weighted by Gasteiger charge is -2.10. The van der Waals surface area contributed by atoms with Crippen molar-refractivity contribution in [2.45, 2.75) is 20.3 Å². The highest BCUT2D eigenvalue weighted by atomic mass is 16.5. The molecule has 0 aliphatic rings. The zero-order valence-corrected chi connectivity index (χ0v) is 13.3. The number of aromatic hydroxyl groups is 1. The van der Waals surface area contributed by atoms with Gasteiger partial charge in [0.05, 0.1) is 12.5 Å². The average Bonchev–Trinajstić information content (AvgIpc) is 2.51. The van der Waals surface area contributed by atoms with Crippen LogP contribution in [-0.2, 0) is 6.42 Å². The quantitative estimate of drug-likeness (QED) is 0.749. The number of ether oxygens (including phenoxy) is 1. The molecule has 4 heteroatoms. The molecule has 0 aliphatic carbocycles. The molecule has 0 amide bonds. The molecular formula is C19H18O4. The molecule has 0 saturated carbocycles. The fraction of sp³-hybridized carbons (Fsp3) is 0.211. The molecule has 3 rings (SSSR count). The highest BCUT2D eigenvalue weighted by Crippen LogP contribution is 2.30. The number of hydrogen-bond donors (Lipinski definition) is 1. The number of hydrogen-bond acceptors (Lipinski definition) is 4. The van der Waals surface area contributed by atoms with Crippen molar-refractivity contribution >= 4 is 11.0 Å². The molecule has 3 aromatic rings. The summed E-state index contributed by atoms with van der Waals surface area (Å²) in [6.07, 6.45) is 0.446. The number of benzene rings is 2. The van der Waals surface area contributed by atoms with Gasteiger partial charge in [-0.1, -0.05) is 12.1 Å². The maximum absolute atomic E-state index is 12.3. The van der Waals surface area contributed by atoms with Gasteiger partial charge in [-0.2, -0.15) is 0 Å². The number of methoxy groups -OCH3 is 1. The van der Waals surface area contributed by atoms with Gasteiger partial charge in [0.15, 0.2) is 0 Å². The van der Waals surface area contributed by atoms with E-state index >= 15 is 0 Å². The van der Waals surface area contributed by atoms with Crippen LogP contribution in [0.2, 0.25) is 0 Å². The van der Waals surface area contributed by atoms with Crippen molar-refractivity contribution < 1.29 is 14.3 Å². The first kappa shape index (κ1) is 15.2. The maximum atomic E-state index is 12.3. The van der Waals surface area contributed by atoms with E-state index in [1.165, 1.54) is 0 Å². The second kappa shape index (κ2) is 5.80. The Bertz CT molecular complexity index is 921. The molecule has 0 atom stereocenters. The molecule has 0 aliphatic heterocycles. The standard InChI is InChI=1S/C19H18O4/c1-11-8-16(20)18-12(2)15(19(21)23-17(18)9-11)10-13-4-6-14(22-3)7-5-13/h4-9,20H,10H2,1-3H3. The number of fused-ring (bicyclic) bond motifs is 1. The van der Waals surface area contributed by atoms with Crippen molar-refractivity contribution in [2.24, 2.45) is 0 Å². The monoisotopic (exact) mass is 310 g/mol. The third kappa shape index (κ3) is 2.80. The van der Waals surface area contributed by atoms with Gasteiger partial charge in [-0.25, -0.2) is 4.79 Å². The first-order chi connectivity index (χ1) is 11.0. The second-order valence-electron chi connectivity index (χ2n) is 5.68. The number of phenols is 1. The lowest BCUT2D eigenvalue weighted by atomic mass is 9.98. The van der Waals surface area contributed by atoms with Gasteiger partial charge in [0.2, 0.25) is 0 Å². The Morgan fingerprint density at radius 1 is 1.13 bits per heavy atom. The van der Waals surface area contributed by atoms with Gasteiger partial charge in [-0.15, -0.1) is 0 Å². The number of phenolic OH excluding ortho intramolecular Hbond substituents is 1. The summed E-state index contributed by atoms with van der Waals surface area (Å²) in [6, 6.07) is 11.0. The summed E-state index contributed by atoms with van der Waals surface area (Å²) in [5.41, 5.74) is 3.19. The van der Waals surface area contributed by atoms with Crippen LogP contribution >= 0.6 is 0 Å². The molecular weight excluding hydrogens is 292 g/mol. The van der Waals surface area contributed by atoms with E-state index in [-0.39, 0.29) is 11.4 Å². The molecule has 4 nitrogen and oxygen atoms in total. The molecule has 1 N–H and O–H groups in total. The molecule has 0 fully saturated rings. The number of rotatable bonds is 3. The van der Waals surface area contributed by atoms with Crippen molar-refractivity contribution in [3.63, 3.8) is 0 Å². The topological polar surface area (TPSA) is 59.7 Å². The minimum atomic E-state index is -0.365. The SMILES string of the molecule is COc1ccc(Cc2c(C)c3c(O)cc(C)cc3oc2=O)cc1. The van der Waals surface area contributed by atoms with E-state index in [0.717, 1.165) is 22.4 Å². The van der Waals surface area contributed by atoms with Crippen LogP contribution in [0, 0.1) is 13.8 Å². The second-order valence-corrected chi connectivity index (χ2v) is 5.68. The van der Waals surface area contributed by atoms with Crippen LogP contribution in [0.15, 0.2) is 45.6 Å². The van der Waals surface area contributed by atoms with Gasteiger partial charge in [-0.3, -0.25) is 0 Å². The molecule has 0 radical (unpaired) electrons. The summed E-state index contributed by atoms with van der Waals surface area (Å²) < 4.78 is 10.6. The fourth-order valence-corrected chi connectivity index (χ4v) is 2.81. The zero-order chi connectivity index (χ0) is 16.6. The minimum Gasteiger partial charge on any atom is -0.507 e. The first-order valence-corrected chi connectivity index (χ1v) is 7.38. The van der Waals surface area contributed by atoms with Crippen molar-refractivity contribution in [1.82, 2.24) is 0 Å². The molecule has 23 heavy (non-hydrogen) atoms. The smallest absolute Gasteiger partial charge is 0.340 e. The summed E-state index contributed by atoms with van der Waals surface area (Å²) in [4.78, 5) is 12.3. The molecule has 118 valence electrons. The van der Waals surface area contributed by atoms with Crippen molar-refractivity contribution in [1.29, 1.82) is 0 Å². The van der Waals surface area contributed by atoms with Gasteiger partial charge in [-0.05, 0) is 54.8 Å². The van der Waals surface area contributed by atoms with E-state index < -0.39 is 0 Å². The normalized spacial score (nSPS) is 10.9. The van der Waals surface area contributed by atoms with E-state index in [0.29, 0.717) is 23.0 Å². The molecule has 1 aromatic heterocycles. The van der Waals surface area contributed by atoms with E-state index in [9.17, 15) is 9.90 Å². The van der Waals surface area contributed by atoms with Gasteiger partial charge in [0.1, 0.15) is 17.1 Å². The Morgan fingerprint density at radius 3 is 2.48 bits per heavy atom. The van der Waals surface area contributed by atoms with Gasteiger partial charge >= 0.3 is 5.63 Å². The van der Waals surface area contributed by atoms with E-state index in [1.807, 2.05) is 38.1 Å². The van der Waals surface area contributed by atoms with Crippen molar-refractivity contribution in [3.05, 3.63) is 69.1 Å². The Hall–Kier alpha value is -2.75. The Labute approximate surface area is 134 Å². The number of aryl methyl sites for hydroxylation is 2. The van der Waals surface area contributed by atoms with Crippen LogP contribution < -0.4 is 10.4 Å². The summed E-state index contributed by atoms with van der Waals surface area (Å²) in [7, 11) is 1.61. The van der Waals surface area contributed by atoms with Crippen LogP contribution in [0.3, 0.4) is 0 Å². The van der Waals surface area contributed by atoms with Crippen molar-refractivity contribution in [3.8, 4) is 11.5 Å². The van der Waals surface area contributed by atoms with Crippen LogP contribution in [0.5, 0.6) is 11.5 Å². The summed E-state index contributed by atoms with van der Waals surface area (Å²) in [5.74, 6) is 0.904. The Kier molecular flexibility index (Phi) is 3.82. The Balaban J connectivity index is 2.11. The van der Waals surface area contributed by atoms with Crippen molar-refractivity contribution in [2.75, 3.05) is 7.11 Å². The summed E-state index contributed by atoms with van der Waals surface area (Å²) in [5, 5.41) is 10.8. The molecule has 0 unspecified atom stereocenters. The summed E-state index contributed by atoms with van der Waals surface area (Å²) >= 11 is 0. The first-order valence-electron chi connectivity index (χ1n) is 7.38. The lowest BCUT2D eigenvalue weighted by molar-refractivity contribution is 0.414. The van der Waals surface area contributed by atoms with E-state index in [1.54, 1.807) is 19.2 Å². The predicted octanol–water partition coefficient (Wildman–Crippen LogP) is 3.71. The molecule has 1 heterocycles. The van der Waals surface area contributed by atoms with Crippen LogP contribution in [-0.4, -0.2) is 12.2 Å². The molecule has 0 spiro atoms. The van der Waals surface area contributed by atoms with E-state index in [2.05, 4.69) is 0 Å². The van der Waals surface area contributed by atoms with Crippen LogP contribution in [0.1, 0.15) is 22.3 Å². The van der Waals surface area contributed by atoms with Gasteiger partial charge < -0.3 is 14.3 Å². The van der Waals surface area contributed by atoms with E-state index in [4.69, 9.17) is 9.15 Å². The summed E-state index contributed by atoms with van der Waals surface area (Å²) in [6.45, 7) is 3.69. The average molecular weight is 310 g/mol. The van der Waals surface area contributed by atoms with Crippen LogP contribution in [0.25, 0.3) is 11.0 Å². The van der Waals surface area contributed by atoms with Gasteiger partial charge in [0, 0.05) is 12.0 Å². The third-order valence-electron chi connectivity index (χ3n) is 4.04. The molecule has 0 saturated heterocycles. The largest absolute Gasteiger partial charge is 0.507 e. The van der Waals surface area contributed by atoms with Crippen LogP contribution in [0.4, 0.5) is 0 Å². The highest BCUT2D eigenvalue weighted by Gasteiger charge is 2.15.